The first-order chi connectivity index (χ1) is 9.84. The standard InChI is InChI=1S/C18H14B2/c19-15-8-7-13-18(14-15)20(16-9-3-1-4-10-16)17-11-5-2-6-12-17/h1-14H. The molecule has 2 radical (unpaired) electrons. The Morgan fingerprint density at radius 3 is 1.55 bits per heavy atom. The van der Waals surface area contributed by atoms with Crippen molar-refractivity contribution in [1.82, 2.24) is 0 Å². The summed E-state index contributed by atoms with van der Waals surface area (Å²) in [6.07, 6.45) is 0. The van der Waals surface area contributed by atoms with Crippen molar-refractivity contribution in [3.8, 4) is 0 Å². The molecular formula is C18H14B2. The zero-order valence-electron chi connectivity index (χ0n) is 11.2. The van der Waals surface area contributed by atoms with Gasteiger partial charge in [0.05, 0.1) is 0 Å². The minimum atomic E-state index is 0.223. The Labute approximate surface area is 122 Å². The summed E-state index contributed by atoms with van der Waals surface area (Å²) >= 11 is 0. The van der Waals surface area contributed by atoms with Gasteiger partial charge in [-0.2, -0.15) is 0 Å². The summed E-state index contributed by atoms with van der Waals surface area (Å²) in [6, 6.07) is 29.2. The first kappa shape index (κ1) is 12.8. The van der Waals surface area contributed by atoms with Crippen molar-refractivity contribution in [2.45, 2.75) is 0 Å². The van der Waals surface area contributed by atoms with Crippen LogP contribution in [0.2, 0.25) is 0 Å². The molecule has 92 valence electrons. The summed E-state index contributed by atoms with van der Waals surface area (Å²) in [5.74, 6) is 0. The van der Waals surface area contributed by atoms with Crippen molar-refractivity contribution in [3.63, 3.8) is 0 Å². The van der Waals surface area contributed by atoms with Crippen LogP contribution in [0.3, 0.4) is 0 Å². The van der Waals surface area contributed by atoms with Crippen LogP contribution in [0.5, 0.6) is 0 Å². The number of hydrogen-bond donors (Lipinski definition) is 0. The highest BCUT2D eigenvalue weighted by molar-refractivity contribution is 6.95. The third-order valence-corrected chi connectivity index (χ3v) is 3.51. The normalized spacial score (nSPS) is 10.2. The van der Waals surface area contributed by atoms with Crippen LogP contribution in [0.25, 0.3) is 0 Å². The van der Waals surface area contributed by atoms with Crippen LogP contribution < -0.4 is 21.9 Å². The molecule has 0 saturated carbocycles. The van der Waals surface area contributed by atoms with E-state index in [4.69, 9.17) is 7.85 Å². The van der Waals surface area contributed by atoms with E-state index in [2.05, 4.69) is 60.7 Å². The van der Waals surface area contributed by atoms with Gasteiger partial charge in [0.25, 0.3) is 0 Å². The molecule has 0 bridgehead atoms. The third-order valence-electron chi connectivity index (χ3n) is 3.51. The fraction of sp³-hybridized carbons (Fsp3) is 0. The average molecular weight is 252 g/mol. The molecule has 3 aromatic carbocycles. The topological polar surface area (TPSA) is 0 Å². The molecule has 2 heteroatoms. The molecule has 20 heavy (non-hydrogen) atoms. The maximum absolute atomic E-state index is 5.95. The van der Waals surface area contributed by atoms with Gasteiger partial charge in [0.2, 0.25) is 6.71 Å². The molecule has 0 N–H and O–H groups in total. The second kappa shape index (κ2) is 5.83. The van der Waals surface area contributed by atoms with Crippen LogP contribution in [0.15, 0.2) is 84.9 Å². The molecule has 3 aromatic rings. The molecule has 0 nitrogen and oxygen atoms in total. The van der Waals surface area contributed by atoms with Crippen LogP contribution in [0.1, 0.15) is 0 Å². The van der Waals surface area contributed by atoms with Crippen molar-refractivity contribution in [1.29, 1.82) is 0 Å². The second-order valence-corrected chi connectivity index (χ2v) is 4.92. The van der Waals surface area contributed by atoms with Crippen LogP contribution in [-0.2, 0) is 0 Å². The van der Waals surface area contributed by atoms with E-state index in [1.54, 1.807) is 0 Å². The molecule has 0 heterocycles. The zero-order valence-corrected chi connectivity index (χ0v) is 11.2. The first-order valence-electron chi connectivity index (χ1n) is 6.80. The van der Waals surface area contributed by atoms with E-state index in [1.807, 2.05) is 24.3 Å². The second-order valence-electron chi connectivity index (χ2n) is 4.92. The predicted octanol–water partition coefficient (Wildman–Crippen LogP) is 0.997. The van der Waals surface area contributed by atoms with Gasteiger partial charge in [0, 0.05) is 0 Å². The maximum Gasteiger partial charge on any atom is 0.241 e. The first-order valence-corrected chi connectivity index (χ1v) is 6.80. The van der Waals surface area contributed by atoms with Gasteiger partial charge in [-0.15, -0.1) is 0 Å². The summed E-state index contributed by atoms with van der Waals surface area (Å²) < 4.78 is 0. The smallest absolute Gasteiger partial charge is 0.0972 e. The Morgan fingerprint density at radius 2 is 1.05 bits per heavy atom. The van der Waals surface area contributed by atoms with Gasteiger partial charge in [-0.05, 0) is 0 Å². The van der Waals surface area contributed by atoms with Gasteiger partial charge in [0.15, 0.2) is 0 Å². The lowest BCUT2D eigenvalue weighted by atomic mass is 9.36. The minimum absolute atomic E-state index is 0.223. The van der Waals surface area contributed by atoms with Gasteiger partial charge in [-0.1, -0.05) is 107 Å². The van der Waals surface area contributed by atoms with Crippen molar-refractivity contribution in [2.75, 3.05) is 0 Å². The minimum Gasteiger partial charge on any atom is -0.0972 e. The van der Waals surface area contributed by atoms with Gasteiger partial charge in [0.1, 0.15) is 7.85 Å². The Hall–Kier alpha value is -2.21. The molecule has 0 aliphatic carbocycles. The highest BCUT2D eigenvalue weighted by Gasteiger charge is 2.20. The van der Waals surface area contributed by atoms with E-state index in [0.29, 0.717) is 0 Å². The fourth-order valence-corrected chi connectivity index (χ4v) is 2.61. The Bertz CT molecular complexity index is 639. The van der Waals surface area contributed by atoms with Crippen molar-refractivity contribution >= 4 is 36.4 Å². The average Bonchev–Trinajstić information content (AvgIpc) is 2.50. The van der Waals surface area contributed by atoms with E-state index in [0.717, 1.165) is 5.46 Å². The van der Waals surface area contributed by atoms with E-state index >= 15 is 0 Å². The van der Waals surface area contributed by atoms with Crippen molar-refractivity contribution in [3.05, 3.63) is 84.9 Å². The zero-order chi connectivity index (χ0) is 13.8. The molecule has 0 unspecified atom stereocenters. The molecular weight excluding hydrogens is 238 g/mol. The Balaban J connectivity index is 2.14. The van der Waals surface area contributed by atoms with Gasteiger partial charge in [-0.3, -0.25) is 0 Å². The number of rotatable bonds is 3. The lowest BCUT2D eigenvalue weighted by molar-refractivity contribution is 1.72. The molecule has 3 rings (SSSR count). The lowest BCUT2D eigenvalue weighted by Crippen LogP contribution is -2.52. The maximum atomic E-state index is 5.95. The molecule has 0 amide bonds. The third kappa shape index (κ3) is 2.70. The lowest BCUT2D eigenvalue weighted by Gasteiger charge is -2.16. The summed E-state index contributed by atoms with van der Waals surface area (Å²) in [5.41, 5.74) is 4.59. The summed E-state index contributed by atoms with van der Waals surface area (Å²) in [5, 5.41) is 0. The molecule has 0 spiro atoms. The summed E-state index contributed by atoms with van der Waals surface area (Å²) in [6.45, 7) is 0.223. The fourth-order valence-electron chi connectivity index (χ4n) is 2.61. The van der Waals surface area contributed by atoms with E-state index in [-0.39, 0.29) is 6.71 Å². The monoisotopic (exact) mass is 252 g/mol. The van der Waals surface area contributed by atoms with Crippen LogP contribution in [0.4, 0.5) is 0 Å². The Morgan fingerprint density at radius 1 is 0.550 bits per heavy atom. The Kier molecular flexibility index (Phi) is 3.73. The molecule has 0 fully saturated rings. The highest BCUT2D eigenvalue weighted by Crippen LogP contribution is 1.94. The van der Waals surface area contributed by atoms with Crippen LogP contribution >= 0.6 is 0 Å². The quantitative estimate of drug-likeness (QED) is 0.610. The van der Waals surface area contributed by atoms with E-state index < -0.39 is 0 Å². The molecule has 0 aliphatic rings. The summed E-state index contributed by atoms with van der Waals surface area (Å²) in [4.78, 5) is 0. The van der Waals surface area contributed by atoms with Gasteiger partial charge in [-0.25, -0.2) is 0 Å². The van der Waals surface area contributed by atoms with Gasteiger partial charge < -0.3 is 0 Å². The predicted molar refractivity (Wildman–Crippen MR) is 89.4 cm³/mol. The van der Waals surface area contributed by atoms with Crippen LogP contribution in [0, 0.1) is 0 Å². The van der Waals surface area contributed by atoms with E-state index in [1.165, 1.54) is 16.4 Å². The number of hydrogen-bond acceptors (Lipinski definition) is 0. The van der Waals surface area contributed by atoms with E-state index in [9.17, 15) is 0 Å². The van der Waals surface area contributed by atoms with Crippen molar-refractivity contribution < 1.29 is 0 Å². The molecule has 0 saturated heterocycles. The largest absolute Gasteiger partial charge is 0.241 e. The summed E-state index contributed by atoms with van der Waals surface area (Å²) in [7, 11) is 5.95. The molecule has 0 aromatic heterocycles. The molecule has 0 atom stereocenters. The van der Waals surface area contributed by atoms with Gasteiger partial charge >= 0.3 is 0 Å². The highest BCUT2D eigenvalue weighted by atomic mass is 14.0. The van der Waals surface area contributed by atoms with Crippen molar-refractivity contribution in [2.24, 2.45) is 0 Å². The molecule has 0 aliphatic heterocycles. The number of benzene rings is 3. The van der Waals surface area contributed by atoms with Crippen LogP contribution in [-0.4, -0.2) is 14.6 Å². The SMILES string of the molecule is [B]c1cccc(B(c2ccccc2)c2ccccc2)c1.